The van der Waals surface area contributed by atoms with Crippen LogP contribution in [0.4, 0.5) is 0 Å². The van der Waals surface area contributed by atoms with E-state index in [4.69, 9.17) is 24.3 Å². The summed E-state index contributed by atoms with van der Waals surface area (Å²) in [4.78, 5) is 34.7. The molecule has 0 aliphatic heterocycles. The van der Waals surface area contributed by atoms with Crippen molar-refractivity contribution in [2.24, 2.45) is 5.73 Å². The first-order valence-electron chi connectivity index (χ1n) is 19.1. The molecule has 0 bridgehead atoms. The van der Waals surface area contributed by atoms with E-state index >= 15 is 0 Å². The smallest absolute Gasteiger partial charge is 0.462 e. The Kier molecular flexibility index (Phi) is 34.3. The van der Waals surface area contributed by atoms with Crippen molar-refractivity contribution in [3.8, 4) is 0 Å². The maximum absolute atomic E-state index is 12.5. The number of ether oxygens (including phenoxy) is 2. The minimum absolute atomic E-state index is 0.0457. The van der Waals surface area contributed by atoms with Crippen LogP contribution in [0.3, 0.4) is 0 Å². The summed E-state index contributed by atoms with van der Waals surface area (Å²) < 4.78 is 32.6. The topological polar surface area (TPSA) is 134 Å². The molecule has 0 saturated heterocycles. The van der Waals surface area contributed by atoms with Crippen LogP contribution in [0, 0.1) is 0 Å². The van der Waals surface area contributed by atoms with Gasteiger partial charge in [-0.3, -0.25) is 18.6 Å². The largest absolute Gasteiger partial charge is 0.472 e. The van der Waals surface area contributed by atoms with Gasteiger partial charge in [0, 0.05) is 19.4 Å². The summed E-state index contributed by atoms with van der Waals surface area (Å²) in [5.41, 5.74) is 5.33. The van der Waals surface area contributed by atoms with Crippen molar-refractivity contribution in [3.63, 3.8) is 0 Å². The summed E-state index contributed by atoms with van der Waals surface area (Å²) in [6.45, 7) is 3.55. The van der Waals surface area contributed by atoms with Crippen molar-refractivity contribution in [3.05, 3.63) is 48.6 Å². The number of allylic oxidation sites excluding steroid dienone is 8. The molecular formula is C39H70NO8P. The molecule has 9 nitrogen and oxygen atoms in total. The van der Waals surface area contributed by atoms with E-state index in [2.05, 4.69) is 62.5 Å². The van der Waals surface area contributed by atoms with Gasteiger partial charge in [0.1, 0.15) is 6.61 Å². The number of esters is 2. The highest BCUT2D eigenvalue weighted by Gasteiger charge is 2.25. The van der Waals surface area contributed by atoms with Crippen molar-refractivity contribution in [2.75, 3.05) is 26.4 Å². The molecule has 0 aromatic heterocycles. The lowest BCUT2D eigenvalue weighted by Gasteiger charge is -2.19. The molecular weight excluding hydrogens is 641 g/mol. The number of nitrogens with two attached hydrogens (primary N) is 1. The number of unbranched alkanes of at least 4 members (excludes halogenated alkanes) is 14. The number of phosphoric ester groups is 1. The van der Waals surface area contributed by atoms with E-state index in [0.29, 0.717) is 6.42 Å². The Morgan fingerprint density at radius 1 is 0.633 bits per heavy atom. The molecule has 0 rings (SSSR count). The predicted octanol–water partition coefficient (Wildman–Crippen LogP) is 10.4. The predicted molar refractivity (Wildman–Crippen MR) is 201 cm³/mol. The Balaban J connectivity index is 4.30. The van der Waals surface area contributed by atoms with Gasteiger partial charge in [0.25, 0.3) is 0 Å². The van der Waals surface area contributed by atoms with E-state index in [-0.39, 0.29) is 32.6 Å². The normalized spacial score (nSPS) is 14.0. The summed E-state index contributed by atoms with van der Waals surface area (Å²) in [6, 6.07) is 0. The zero-order valence-corrected chi connectivity index (χ0v) is 31.8. The lowest BCUT2D eigenvalue weighted by atomic mass is 10.0. The standard InChI is InChI=1S/C39H70NO8P/c1-3-5-7-9-11-13-15-17-18-20-22-24-26-28-30-32-39(42)48-37(36-47-49(43,44)46-34-33-40)35-45-38(41)31-29-27-25-23-21-19-16-14-12-10-8-6-4-2/h5,7,11,13,17-18,22,24,37H,3-4,6,8-10,12,14-16,19-21,23,25-36,40H2,1-2H3,(H,43,44)/t37-/m1/s1. The van der Waals surface area contributed by atoms with Crippen LogP contribution in [-0.2, 0) is 32.7 Å². The van der Waals surface area contributed by atoms with E-state index in [0.717, 1.165) is 57.8 Å². The molecule has 0 heterocycles. The van der Waals surface area contributed by atoms with Crippen LogP contribution >= 0.6 is 7.82 Å². The van der Waals surface area contributed by atoms with Gasteiger partial charge in [-0.15, -0.1) is 0 Å². The fraction of sp³-hybridized carbons (Fsp3) is 0.744. The van der Waals surface area contributed by atoms with E-state index in [9.17, 15) is 19.0 Å². The lowest BCUT2D eigenvalue weighted by Crippen LogP contribution is -2.29. The lowest BCUT2D eigenvalue weighted by molar-refractivity contribution is -0.161. The van der Waals surface area contributed by atoms with Crippen molar-refractivity contribution in [1.82, 2.24) is 0 Å². The highest BCUT2D eigenvalue weighted by atomic mass is 31.2. The molecule has 1 unspecified atom stereocenters. The van der Waals surface area contributed by atoms with Crippen LogP contribution in [0.5, 0.6) is 0 Å². The van der Waals surface area contributed by atoms with Gasteiger partial charge in [-0.1, -0.05) is 140 Å². The van der Waals surface area contributed by atoms with Gasteiger partial charge in [-0.2, -0.15) is 0 Å². The van der Waals surface area contributed by atoms with Crippen LogP contribution in [-0.4, -0.2) is 49.3 Å². The maximum Gasteiger partial charge on any atom is 0.472 e. The zero-order valence-electron chi connectivity index (χ0n) is 30.9. The first-order valence-corrected chi connectivity index (χ1v) is 20.6. The fourth-order valence-electron chi connectivity index (χ4n) is 4.92. The van der Waals surface area contributed by atoms with Crippen LogP contribution in [0.15, 0.2) is 48.6 Å². The zero-order chi connectivity index (χ0) is 36.1. The summed E-state index contributed by atoms with van der Waals surface area (Å²) in [7, 11) is -4.38. The molecule has 0 aliphatic rings. The molecule has 0 saturated carbocycles. The van der Waals surface area contributed by atoms with E-state index in [1.54, 1.807) is 0 Å². The molecule has 0 spiro atoms. The van der Waals surface area contributed by atoms with Crippen molar-refractivity contribution in [1.29, 1.82) is 0 Å². The Labute approximate surface area is 298 Å². The molecule has 0 aliphatic carbocycles. The van der Waals surface area contributed by atoms with Crippen molar-refractivity contribution >= 4 is 19.8 Å². The first kappa shape index (κ1) is 47.0. The first-order chi connectivity index (χ1) is 23.8. The van der Waals surface area contributed by atoms with Crippen molar-refractivity contribution in [2.45, 2.75) is 161 Å². The van der Waals surface area contributed by atoms with Gasteiger partial charge >= 0.3 is 19.8 Å². The van der Waals surface area contributed by atoms with Gasteiger partial charge in [-0.05, 0) is 51.4 Å². The van der Waals surface area contributed by atoms with Crippen LogP contribution in [0.1, 0.15) is 155 Å². The molecule has 0 aromatic rings. The SMILES string of the molecule is CCC=CCC=CCC=CCC=CCCCCC(=O)O[C@H](COC(=O)CCCCCCCCCCCCCCC)COP(=O)(O)OCCN. The third-order valence-electron chi connectivity index (χ3n) is 7.73. The quantitative estimate of drug-likeness (QED) is 0.0285. The van der Waals surface area contributed by atoms with E-state index in [1.807, 2.05) is 0 Å². The molecule has 0 radical (unpaired) electrons. The third-order valence-corrected chi connectivity index (χ3v) is 8.71. The molecule has 0 amide bonds. The molecule has 0 aromatic carbocycles. The number of carbonyl (C=O) groups is 2. The highest BCUT2D eigenvalue weighted by molar-refractivity contribution is 7.47. The second-order valence-corrected chi connectivity index (χ2v) is 13.9. The van der Waals surface area contributed by atoms with Gasteiger partial charge < -0.3 is 20.1 Å². The second-order valence-electron chi connectivity index (χ2n) is 12.4. The monoisotopic (exact) mass is 711 g/mol. The minimum atomic E-state index is -4.38. The van der Waals surface area contributed by atoms with E-state index in [1.165, 1.54) is 64.2 Å². The average molecular weight is 712 g/mol. The summed E-state index contributed by atoms with van der Waals surface area (Å²) >= 11 is 0. The second kappa shape index (κ2) is 35.8. The molecule has 49 heavy (non-hydrogen) atoms. The van der Waals surface area contributed by atoms with Gasteiger partial charge in [0.15, 0.2) is 6.10 Å². The van der Waals surface area contributed by atoms with Crippen LogP contribution in [0.2, 0.25) is 0 Å². The summed E-state index contributed by atoms with van der Waals surface area (Å²) in [5, 5.41) is 0. The molecule has 284 valence electrons. The minimum Gasteiger partial charge on any atom is -0.462 e. The third kappa shape index (κ3) is 35.6. The van der Waals surface area contributed by atoms with E-state index < -0.39 is 32.5 Å². The number of hydrogen-bond donors (Lipinski definition) is 2. The molecule has 0 fully saturated rings. The average Bonchev–Trinajstić information content (AvgIpc) is 3.08. The number of phosphoric acid groups is 1. The fourth-order valence-corrected chi connectivity index (χ4v) is 5.68. The summed E-state index contributed by atoms with van der Waals surface area (Å²) in [6.07, 6.45) is 38.6. The van der Waals surface area contributed by atoms with Crippen LogP contribution in [0.25, 0.3) is 0 Å². The molecule has 10 heteroatoms. The maximum atomic E-state index is 12.5. The highest BCUT2D eigenvalue weighted by Crippen LogP contribution is 2.43. The number of hydrogen-bond acceptors (Lipinski definition) is 8. The summed E-state index contributed by atoms with van der Waals surface area (Å²) in [5.74, 6) is -0.879. The number of carbonyl (C=O) groups excluding carboxylic acids is 2. The Morgan fingerprint density at radius 2 is 1.12 bits per heavy atom. The Bertz CT molecular complexity index is 949. The van der Waals surface area contributed by atoms with Crippen molar-refractivity contribution < 1.29 is 37.6 Å². The van der Waals surface area contributed by atoms with Gasteiger partial charge in [0.2, 0.25) is 0 Å². The Morgan fingerprint density at radius 3 is 1.67 bits per heavy atom. The molecule has 3 N–H and O–H groups in total. The molecule has 2 atom stereocenters. The van der Waals surface area contributed by atoms with Crippen LogP contribution < -0.4 is 5.73 Å². The van der Waals surface area contributed by atoms with Gasteiger partial charge in [-0.25, -0.2) is 4.57 Å². The Hall–Kier alpha value is -2.03. The number of rotatable bonds is 35. The van der Waals surface area contributed by atoms with Gasteiger partial charge in [0.05, 0.1) is 13.2 Å².